The van der Waals surface area contributed by atoms with Crippen LogP contribution in [0.2, 0.25) is 19.6 Å². The van der Waals surface area contributed by atoms with Crippen LogP contribution in [-0.2, 0) is 39.9 Å². The molecule has 0 heterocycles. The first-order valence-electron chi connectivity index (χ1n) is 10.2. The molecule has 0 aliphatic heterocycles. The second-order valence-corrected chi connectivity index (χ2v) is 54.6. The average molecular weight is 690 g/mol. The van der Waals surface area contributed by atoms with Crippen molar-refractivity contribution in [1.82, 2.24) is 0 Å². The topological polar surface area (TPSA) is 0 Å². The first kappa shape index (κ1) is 20.0. The number of benzene rings is 2. The quantitative estimate of drug-likeness (QED) is 0.284. The van der Waals surface area contributed by atoms with Crippen LogP contribution in [0.1, 0.15) is 43.5 Å². The van der Waals surface area contributed by atoms with Crippen LogP contribution in [0.4, 0.5) is 0 Å². The Hall–Kier alpha value is -0.340. The summed E-state index contributed by atoms with van der Waals surface area (Å²) in [5.41, 5.74) is 6.16. The fourth-order valence-corrected chi connectivity index (χ4v) is 86.5. The Bertz CT molecular complexity index is 855. The summed E-state index contributed by atoms with van der Waals surface area (Å²) in [6, 6.07) is 18.2. The molecule has 0 aromatic heterocycles. The Labute approximate surface area is 174 Å². The van der Waals surface area contributed by atoms with Gasteiger partial charge in [0.2, 0.25) is 0 Å². The van der Waals surface area contributed by atoms with Crippen LogP contribution in [0.15, 0.2) is 60.7 Å². The van der Waals surface area contributed by atoms with E-state index in [0.29, 0.717) is 0.928 Å². The molecule has 4 rings (SSSR count). The summed E-state index contributed by atoms with van der Waals surface area (Å²) in [4.78, 5) is 0. The predicted octanol–water partition coefficient (Wildman–Crippen LogP) is 8.18. The van der Waals surface area contributed by atoms with Crippen LogP contribution < -0.4 is 0 Å². The maximum atomic E-state index is 2.75. The summed E-state index contributed by atoms with van der Waals surface area (Å²) in [5, 5.41) is 0. The summed E-state index contributed by atoms with van der Waals surface area (Å²) < 4.78 is 13.0. The number of fused-ring (bicyclic) bond motifs is 2. The van der Waals surface area contributed by atoms with Gasteiger partial charge in [-0.2, -0.15) is 0 Å². The SMILES string of the molecule is C[C](C)([Hf]([CH3])([CH3])[CH]1C=Cc2ccccc21)[Hf]([CH3])([CH3])[CH]1C=Cc2ccccc21. The first-order valence-corrected chi connectivity index (χ1v) is 32.3. The number of hydrogen-bond acceptors (Lipinski definition) is 0. The first-order chi connectivity index (χ1) is 12.7. The molecule has 0 nitrogen and oxygen atoms in total. The Morgan fingerprint density at radius 1 is 0.630 bits per heavy atom. The van der Waals surface area contributed by atoms with E-state index < -0.39 is 39.9 Å². The number of allylic oxidation sites excluding steroid dienone is 2. The van der Waals surface area contributed by atoms with E-state index >= 15 is 0 Å². The van der Waals surface area contributed by atoms with Crippen molar-refractivity contribution < 1.29 is 39.9 Å². The van der Waals surface area contributed by atoms with Gasteiger partial charge in [0.25, 0.3) is 0 Å². The standard InChI is InChI=1S/2C9H7.C3H6.4CH3.2Hf/c2*1-2-5-9-7-3-6-8(9)4-1;1-3-2;;;;;;/h2*1-7H;1-2H3;4*1H3;;. The van der Waals surface area contributed by atoms with E-state index in [2.05, 4.69) is 105 Å². The Balaban J connectivity index is 1.74. The summed E-state index contributed by atoms with van der Waals surface area (Å²) in [6.45, 7) is 5.36. The van der Waals surface area contributed by atoms with Crippen LogP contribution in [0.5, 0.6) is 0 Å². The van der Waals surface area contributed by atoms with E-state index in [1.165, 1.54) is 11.1 Å². The molecule has 0 saturated heterocycles. The fraction of sp³-hybridized carbons (Fsp3) is 0.360. The van der Waals surface area contributed by atoms with Gasteiger partial charge in [-0.1, -0.05) is 0 Å². The van der Waals surface area contributed by atoms with E-state index in [0.717, 1.165) is 7.35 Å². The van der Waals surface area contributed by atoms with Crippen LogP contribution in [0, 0.1) is 0 Å². The molecule has 27 heavy (non-hydrogen) atoms. The van der Waals surface area contributed by atoms with Crippen molar-refractivity contribution in [2.75, 3.05) is 0 Å². The van der Waals surface area contributed by atoms with Gasteiger partial charge in [0.05, 0.1) is 0 Å². The molecule has 2 aliphatic rings. The van der Waals surface area contributed by atoms with Crippen LogP contribution in [0.25, 0.3) is 12.2 Å². The molecule has 0 fully saturated rings. The fourth-order valence-electron chi connectivity index (χ4n) is 5.37. The zero-order valence-electron chi connectivity index (χ0n) is 17.6. The zero-order chi connectivity index (χ0) is 19.4. The molecule has 0 spiro atoms. The normalized spacial score (nSPS) is 21.4. The molecule has 2 heteroatoms. The summed E-state index contributed by atoms with van der Waals surface area (Å²) >= 11 is -5.36. The zero-order valence-corrected chi connectivity index (χ0v) is 24.8. The van der Waals surface area contributed by atoms with Gasteiger partial charge in [-0.15, -0.1) is 0 Å². The molecule has 2 atom stereocenters. The van der Waals surface area contributed by atoms with Crippen molar-refractivity contribution in [3.8, 4) is 0 Å². The molecule has 2 unspecified atom stereocenters. The molecular formula is C25H32Hf2. The summed E-state index contributed by atoms with van der Waals surface area (Å²) in [6.07, 6.45) is 9.92. The molecule has 2 aliphatic carbocycles. The van der Waals surface area contributed by atoms with Crippen molar-refractivity contribution in [2.45, 2.75) is 40.8 Å². The minimum atomic E-state index is -2.68. The number of rotatable bonds is 4. The predicted molar refractivity (Wildman–Crippen MR) is 114 cm³/mol. The van der Waals surface area contributed by atoms with Gasteiger partial charge in [0.1, 0.15) is 0 Å². The van der Waals surface area contributed by atoms with Crippen molar-refractivity contribution >= 4 is 12.2 Å². The summed E-state index contributed by atoms with van der Waals surface area (Å²) in [7, 11) is 0. The molecule has 140 valence electrons. The van der Waals surface area contributed by atoms with Crippen molar-refractivity contribution in [3.05, 3.63) is 82.9 Å². The van der Waals surface area contributed by atoms with E-state index in [4.69, 9.17) is 0 Å². The van der Waals surface area contributed by atoms with Gasteiger partial charge >= 0.3 is 176 Å². The van der Waals surface area contributed by atoms with E-state index in [9.17, 15) is 0 Å². The van der Waals surface area contributed by atoms with Crippen LogP contribution in [-0.4, -0.2) is 0 Å². The Morgan fingerprint density at radius 2 is 1.00 bits per heavy atom. The molecule has 2 aromatic carbocycles. The molecule has 0 radical (unpaired) electrons. The van der Waals surface area contributed by atoms with E-state index in [1.807, 2.05) is 0 Å². The minimum absolute atomic E-state index is 0.554. The molecule has 0 N–H and O–H groups in total. The van der Waals surface area contributed by atoms with Gasteiger partial charge in [-0.3, -0.25) is 0 Å². The Kier molecular flexibility index (Phi) is 5.08. The van der Waals surface area contributed by atoms with Crippen LogP contribution in [0.3, 0.4) is 0 Å². The van der Waals surface area contributed by atoms with Crippen molar-refractivity contribution in [2.24, 2.45) is 0 Å². The number of hydrogen-bond donors (Lipinski definition) is 0. The monoisotopic (exact) mass is 692 g/mol. The third-order valence-corrected chi connectivity index (χ3v) is 84.2. The van der Waals surface area contributed by atoms with Gasteiger partial charge in [0, 0.05) is 0 Å². The van der Waals surface area contributed by atoms with E-state index in [1.54, 1.807) is 11.1 Å². The third kappa shape index (κ3) is 2.96. The van der Waals surface area contributed by atoms with Gasteiger partial charge in [-0.25, -0.2) is 0 Å². The molecule has 0 bridgehead atoms. The second kappa shape index (κ2) is 6.87. The van der Waals surface area contributed by atoms with Crippen molar-refractivity contribution in [3.63, 3.8) is 0 Å². The second-order valence-electron chi connectivity index (χ2n) is 10.00. The van der Waals surface area contributed by atoms with E-state index in [-0.39, 0.29) is 0 Å². The molecular weight excluding hydrogens is 657 g/mol. The summed E-state index contributed by atoms with van der Waals surface area (Å²) in [5.74, 6) is 0. The van der Waals surface area contributed by atoms with Gasteiger partial charge in [0.15, 0.2) is 0 Å². The molecule has 0 saturated carbocycles. The Morgan fingerprint density at radius 3 is 1.41 bits per heavy atom. The maximum absolute atomic E-state index is 2.75. The molecule has 0 amide bonds. The van der Waals surface area contributed by atoms with Crippen molar-refractivity contribution in [1.29, 1.82) is 0 Å². The van der Waals surface area contributed by atoms with Gasteiger partial charge < -0.3 is 0 Å². The average Bonchev–Trinajstić information content (AvgIpc) is 3.26. The molecule has 2 aromatic rings. The third-order valence-electron chi connectivity index (χ3n) is 8.38. The van der Waals surface area contributed by atoms with Gasteiger partial charge in [-0.05, 0) is 0 Å². The van der Waals surface area contributed by atoms with Crippen LogP contribution >= 0.6 is 0 Å².